The van der Waals surface area contributed by atoms with Crippen molar-refractivity contribution >= 4 is 11.0 Å². The zero-order valence-electron chi connectivity index (χ0n) is 11.8. The first-order valence-electron chi connectivity index (χ1n) is 6.63. The van der Waals surface area contributed by atoms with Crippen LogP contribution in [0.5, 0.6) is 0 Å². The quantitative estimate of drug-likeness (QED) is 0.381. The molecule has 0 bridgehead atoms. The van der Waals surface area contributed by atoms with E-state index in [4.69, 9.17) is 4.42 Å². The number of hydrogen-bond donors (Lipinski definition) is 1. The summed E-state index contributed by atoms with van der Waals surface area (Å²) in [5, 5.41) is 44.2. The molecule has 11 heteroatoms. The van der Waals surface area contributed by atoms with Gasteiger partial charge in [0, 0.05) is 10.9 Å². The monoisotopic (exact) mass is 335 g/mol. The molecule has 1 heterocycles. The number of para-hydroxylation sites is 1. The molecule has 1 aliphatic rings. The van der Waals surface area contributed by atoms with Crippen LogP contribution in [0.4, 0.5) is 0 Å². The van der Waals surface area contributed by atoms with E-state index >= 15 is 0 Å². The van der Waals surface area contributed by atoms with Gasteiger partial charge in [-0.25, -0.2) is 0 Å². The standard InChI is InChI=1S/C13H9N3O8/c17-9-6-5-8(13(14(18)19,15(20)21)16(22)23)11-7-3-1-2-4-10(7)24-12(9)11/h1-6,8-9,17H/t8-,9+/m0/s1. The number of fused-ring (bicyclic) bond motifs is 3. The first kappa shape index (κ1) is 15.6. The van der Waals surface area contributed by atoms with Crippen LogP contribution in [-0.2, 0) is 0 Å². The molecule has 0 amide bonds. The minimum atomic E-state index is -3.72. The Kier molecular flexibility index (Phi) is 3.30. The van der Waals surface area contributed by atoms with Gasteiger partial charge in [-0.2, -0.15) is 0 Å². The number of nitro groups is 3. The van der Waals surface area contributed by atoms with Crippen LogP contribution < -0.4 is 0 Å². The summed E-state index contributed by atoms with van der Waals surface area (Å²) in [5.74, 6) is -5.75. The van der Waals surface area contributed by atoms with Gasteiger partial charge < -0.3 is 9.52 Å². The largest absolute Gasteiger partial charge is 0.710 e. The number of benzene rings is 1. The minimum Gasteiger partial charge on any atom is -0.458 e. The fourth-order valence-corrected chi connectivity index (χ4v) is 2.89. The van der Waals surface area contributed by atoms with E-state index in [0.717, 1.165) is 12.2 Å². The predicted octanol–water partition coefficient (Wildman–Crippen LogP) is 1.60. The Hall–Kier alpha value is -3.34. The van der Waals surface area contributed by atoms with Crippen molar-refractivity contribution in [3.8, 4) is 0 Å². The molecule has 0 aliphatic heterocycles. The van der Waals surface area contributed by atoms with Gasteiger partial charge in [0.05, 0.1) is 0 Å². The first-order valence-corrected chi connectivity index (χ1v) is 6.63. The Balaban J connectivity index is 2.37. The van der Waals surface area contributed by atoms with Crippen LogP contribution in [-0.4, -0.2) is 25.7 Å². The molecule has 0 radical (unpaired) electrons. The normalized spacial score (nSPS) is 19.9. The Morgan fingerprint density at radius 1 is 1.00 bits per heavy atom. The van der Waals surface area contributed by atoms with Crippen molar-refractivity contribution in [3.05, 3.63) is 78.1 Å². The third-order valence-corrected chi connectivity index (χ3v) is 3.95. The van der Waals surface area contributed by atoms with Crippen molar-refractivity contribution in [2.24, 2.45) is 0 Å². The average molecular weight is 335 g/mol. The van der Waals surface area contributed by atoms with Crippen molar-refractivity contribution < 1.29 is 24.3 Å². The Morgan fingerprint density at radius 2 is 1.58 bits per heavy atom. The minimum absolute atomic E-state index is 0.134. The zero-order chi connectivity index (χ0) is 17.6. The zero-order valence-corrected chi connectivity index (χ0v) is 11.8. The molecule has 24 heavy (non-hydrogen) atoms. The number of aliphatic hydroxyl groups is 1. The van der Waals surface area contributed by atoms with Gasteiger partial charge in [-0.1, -0.05) is 30.4 Å². The molecule has 2 aromatic rings. The molecule has 124 valence electrons. The fraction of sp³-hybridized carbons (Fsp3) is 0.231. The summed E-state index contributed by atoms with van der Waals surface area (Å²) >= 11 is 0. The van der Waals surface area contributed by atoms with Crippen LogP contribution in [0, 0.1) is 30.3 Å². The molecule has 0 unspecified atom stereocenters. The maximum absolute atomic E-state index is 11.3. The van der Waals surface area contributed by atoms with Gasteiger partial charge in [-0.3, -0.25) is 30.3 Å². The molecule has 0 saturated heterocycles. The summed E-state index contributed by atoms with van der Waals surface area (Å²) in [5.41, 5.74) is 0.0740. The van der Waals surface area contributed by atoms with Gasteiger partial charge in [-0.15, -0.1) is 0 Å². The highest BCUT2D eigenvalue weighted by molar-refractivity contribution is 5.84. The van der Waals surface area contributed by atoms with E-state index in [-0.39, 0.29) is 22.3 Å². The summed E-state index contributed by atoms with van der Waals surface area (Å²) in [4.78, 5) is 29.4. The van der Waals surface area contributed by atoms with Gasteiger partial charge in [0.2, 0.25) is 5.92 Å². The second kappa shape index (κ2) is 5.09. The van der Waals surface area contributed by atoms with Gasteiger partial charge in [0.15, 0.2) is 14.8 Å². The van der Waals surface area contributed by atoms with Crippen LogP contribution in [0.1, 0.15) is 23.3 Å². The number of nitrogens with zero attached hydrogens (tertiary/aromatic N) is 3. The van der Waals surface area contributed by atoms with Crippen LogP contribution in [0.25, 0.3) is 11.0 Å². The second-order valence-electron chi connectivity index (χ2n) is 5.14. The molecule has 0 fully saturated rings. The molecule has 11 nitrogen and oxygen atoms in total. The number of furan rings is 1. The highest BCUT2D eigenvalue weighted by atomic mass is 16.7. The van der Waals surface area contributed by atoms with Crippen molar-refractivity contribution in [1.29, 1.82) is 0 Å². The fourth-order valence-electron chi connectivity index (χ4n) is 2.89. The molecule has 1 aromatic carbocycles. The van der Waals surface area contributed by atoms with Crippen molar-refractivity contribution in [1.82, 2.24) is 0 Å². The Bertz CT molecular complexity index is 866. The number of aliphatic hydroxyl groups excluding tert-OH is 1. The molecular formula is C13H9N3O8. The van der Waals surface area contributed by atoms with Crippen LogP contribution >= 0.6 is 0 Å². The summed E-state index contributed by atoms with van der Waals surface area (Å²) < 4.78 is 5.40. The number of rotatable bonds is 4. The average Bonchev–Trinajstić information content (AvgIpc) is 2.89. The van der Waals surface area contributed by atoms with Gasteiger partial charge in [0.1, 0.15) is 17.4 Å². The SMILES string of the molecule is O=[N+]([O-])C([C@H]1C=C[C@@H](O)c2oc3ccccc3c21)([N+](=O)[O-])[N+](=O)[O-]. The topological polar surface area (TPSA) is 163 Å². The van der Waals surface area contributed by atoms with Gasteiger partial charge in [0.25, 0.3) is 0 Å². The highest BCUT2D eigenvalue weighted by Gasteiger charge is 2.77. The lowest BCUT2D eigenvalue weighted by Crippen LogP contribution is -2.57. The maximum atomic E-state index is 11.3. The summed E-state index contributed by atoms with van der Waals surface area (Å²) in [6, 6.07) is 6.09. The number of hydrogen-bond acceptors (Lipinski definition) is 8. The Labute approximate surface area is 132 Å². The molecule has 0 spiro atoms. The smallest absolute Gasteiger partial charge is 0.458 e. The Morgan fingerprint density at radius 3 is 2.17 bits per heavy atom. The van der Waals surface area contributed by atoms with Crippen LogP contribution in [0.3, 0.4) is 0 Å². The maximum Gasteiger partial charge on any atom is 0.710 e. The molecule has 3 rings (SSSR count). The lowest BCUT2D eigenvalue weighted by Gasteiger charge is -2.20. The van der Waals surface area contributed by atoms with E-state index in [1.54, 1.807) is 12.1 Å². The van der Waals surface area contributed by atoms with E-state index in [1.165, 1.54) is 12.1 Å². The second-order valence-corrected chi connectivity index (χ2v) is 5.14. The lowest BCUT2D eigenvalue weighted by atomic mass is 9.84. The third kappa shape index (κ3) is 1.81. The highest BCUT2D eigenvalue weighted by Crippen LogP contribution is 2.45. The van der Waals surface area contributed by atoms with Crippen LogP contribution in [0.2, 0.25) is 0 Å². The molecule has 1 N–H and O–H groups in total. The molecule has 0 saturated carbocycles. The van der Waals surface area contributed by atoms with E-state index in [0.29, 0.717) is 0 Å². The summed E-state index contributed by atoms with van der Waals surface area (Å²) in [6.07, 6.45) is 0.593. The van der Waals surface area contributed by atoms with E-state index in [1.807, 2.05) is 0 Å². The van der Waals surface area contributed by atoms with Gasteiger partial charge in [-0.05, 0) is 6.07 Å². The third-order valence-electron chi connectivity index (χ3n) is 3.95. The molecule has 1 aromatic heterocycles. The van der Waals surface area contributed by atoms with E-state index in [2.05, 4.69) is 0 Å². The first-order chi connectivity index (χ1) is 11.3. The van der Waals surface area contributed by atoms with Crippen molar-refractivity contribution in [2.45, 2.75) is 17.8 Å². The van der Waals surface area contributed by atoms with Gasteiger partial charge >= 0.3 is 5.79 Å². The summed E-state index contributed by atoms with van der Waals surface area (Å²) in [6.45, 7) is 0. The predicted molar refractivity (Wildman–Crippen MR) is 76.8 cm³/mol. The molecule has 2 atom stereocenters. The van der Waals surface area contributed by atoms with E-state index < -0.39 is 32.6 Å². The molecular weight excluding hydrogens is 326 g/mol. The van der Waals surface area contributed by atoms with E-state index in [9.17, 15) is 35.4 Å². The van der Waals surface area contributed by atoms with Crippen molar-refractivity contribution in [2.75, 3.05) is 0 Å². The summed E-state index contributed by atoms with van der Waals surface area (Å²) in [7, 11) is 0. The lowest BCUT2D eigenvalue weighted by molar-refractivity contribution is -0.972. The van der Waals surface area contributed by atoms with Crippen molar-refractivity contribution in [3.63, 3.8) is 0 Å². The van der Waals surface area contributed by atoms with Crippen LogP contribution in [0.15, 0.2) is 40.8 Å². The molecule has 1 aliphatic carbocycles.